The molecule has 2 N–H and O–H groups in total. The van der Waals surface area contributed by atoms with E-state index in [-0.39, 0.29) is 11.8 Å². The van der Waals surface area contributed by atoms with E-state index < -0.39 is 0 Å². The van der Waals surface area contributed by atoms with Gasteiger partial charge in [-0.15, -0.1) is 0 Å². The Labute approximate surface area is 150 Å². The van der Waals surface area contributed by atoms with E-state index in [2.05, 4.69) is 15.3 Å². The van der Waals surface area contributed by atoms with E-state index in [1.807, 2.05) is 0 Å². The SMILES string of the molecule is COc1cc(NC(=O)c2ccc3nc[nH]c3c2)ccc1N1CCCC1=O. The summed E-state index contributed by atoms with van der Waals surface area (Å²) in [4.78, 5) is 33.3. The van der Waals surface area contributed by atoms with E-state index in [1.165, 1.54) is 0 Å². The second-order valence-electron chi connectivity index (χ2n) is 6.12. The van der Waals surface area contributed by atoms with Gasteiger partial charge in [-0.05, 0) is 36.8 Å². The summed E-state index contributed by atoms with van der Waals surface area (Å²) in [7, 11) is 1.55. The van der Waals surface area contributed by atoms with Gasteiger partial charge in [0.1, 0.15) is 5.75 Å². The molecule has 1 aliphatic heterocycles. The Morgan fingerprint density at radius 2 is 2.15 bits per heavy atom. The topological polar surface area (TPSA) is 87.3 Å². The lowest BCUT2D eigenvalue weighted by Crippen LogP contribution is -2.24. The van der Waals surface area contributed by atoms with Crippen molar-refractivity contribution in [2.75, 3.05) is 23.9 Å². The maximum atomic E-state index is 12.5. The van der Waals surface area contributed by atoms with Crippen molar-refractivity contribution in [3.05, 3.63) is 48.3 Å². The second-order valence-corrected chi connectivity index (χ2v) is 6.12. The number of ether oxygens (including phenoxy) is 1. The summed E-state index contributed by atoms with van der Waals surface area (Å²) in [6, 6.07) is 10.6. The summed E-state index contributed by atoms with van der Waals surface area (Å²) in [6.45, 7) is 0.686. The normalized spacial score (nSPS) is 14.0. The number of anilines is 2. The summed E-state index contributed by atoms with van der Waals surface area (Å²) in [6.07, 6.45) is 2.99. The molecule has 1 saturated heterocycles. The molecule has 1 aliphatic rings. The van der Waals surface area contributed by atoms with Gasteiger partial charge < -0.3 is 19.9 Å². The number of fused-ring (bicyclic) bond motifs is 1. The molecule has 3 aromatic rings. The van der Waals surface area contributed by atoms with Crippen molar-refractivity contribution in [3.63, 3.8) is 0 Å². The van der Waals surface area contributed by atoms with Crippen molar-refractivity contribution in [3.8, 4) is 5.75 Å². The Morgan fingerprint density at radius 3 is 2.92 bits per heavy atom. The van der Waals surface area contributed by atoms with Gasteiger partial charge in [0.25, 0.3) is 5.91 Å². The van der Waals surface area contributed by atoms with Gasteiger partial charge in [-0.2, -0.15) is 0 Å². The molecule has 1 aromatic heterocycles. The predicted molar refractivity (Wildman–Crippen MR) is 98.6 cm³/mol. The van der Waals surface area contributed by atoms with Crippen LogP contribution in [0, 0.1) is 0 Å². The van der Waals surface area contributed by atoms with E-state index in [9.17, 15) is 9.59 Å². The fourth-order valence-electron chi connectivity index (χ4n) is 3.16. The molecule has 2 amide bonds. The quantitative estimate of drug-likeness (QED) is 0.757. The maximum absolute atomic E-state index is 12.5. The lowest BCUT2D eigenvalue weighted by Gasteiger charge is -2.19. The van der Waals surface area contributed by atoms with Gasteiger partial charge in [0.2, 0.25) is 5.91 Å². The zero-order valence-corrected chi connectivity index (χ0v) is 14.3. The fraction of sp³-hybridized carbons (Fsp3) is 0.211. The van der Waals surface area contributed by atoms with Gasteiger partial charge in [-0.3, -0.25) is 9.59 Å². The number of amides is 2. The number of carbonyl (C=O) groups is 2. The summed E-state index contributed by atoms with van der Waals surface area (Å²) in [5, 5.41) is 2.86. The number of carbonyl (C=O) groups excluding carboxylic acids is 2. The Balaban J connectivity index is 1.57. The standard InChI is InChI=1S/C19H18N4O3/c1-26-17-10-13(5-7-16(17)23-8-2-3-18(23)24)22-19(25)12-4-6-14-15(9-12)21-11-20-14/h4-7,9-11H,2-3,8H2,1H3,(H,20,21)(H,22,25). The molecule has 0 atom stereocenters. The van der Waals surface area contributed by atoms with Crippen LogP contribution in [0.1, 0.15) is 23.2 Å². The third-order valence-electron chi connectivity index (χ3n) is 4.48. The molecular formula is C19H18N4O3. The molecular weight excluding hydrogens is 332 g/mol. The van der Waals surface area contributed by atoms with Crippen LogP contribution in [0.4, 0.5) is 11.4 Å². The number of hydrogen-bond acceptors (Lipinski definition) is 4. The van der Waals surface area contributed by atoms with Crippen molar-refractivity contribution in [1.82, 2.24) is 9.97 Å². The van der Waals surface area contributed by atoms with Crippen LogP contribution in [0.25, 0.3) is 11.0 Å². The van der Waals surface area contributed by atoms with Crippen LogP contribution in [0.15, 0.2) is 42.7 Å². The number of nitrogens with one attached hydrogen (secondary N) is 2. The molecule has 7 heteroatoms. The van der Waals surface area contributed by atoms with Crippen LogP contribution < -0.4 is 15.0 Å². The van der Waals surface area contributed by atoms with E-state index >= 15 is 0 Å². The van der Waals surface area contributed by atoms with Crippen LogP contribution in [-0.2, 0) is 4.79 Å². The van der Waals surface area contributed by atoms with E-state index in [1.54, 1.807) is 54.7 Å². The molecule has 7 nitrogen and oxygen atoms in total. The van der Waals surface area contributed by atoms with Crippen molar-refractivity contribution < 1.29 is 14.3 Å². The molecule has 26 heavy (non-hydrogen) atoms. The first-order chi connectivity index (χ1) is 12.7. The Hall–Kier alpha value is -3.35. The van der Waals surface area contributed by atoms with Gasteiger partial charge in [-0.1, -0.05) is 0 Å². The largest absolute Gasteiger partial charge is 0.494 e. The molecule has 0 spiro atoms. The molecule has 0 unspecified atom stereocenters. The van der Waals surface area contributed by atoms with Crippen LogP contribution >= 0.6 is 0 Å². The van der Waals surface area contributed by atoms with Crippen LogP contribution in [0.2, 0.25) is 0 Å². The maximum Gasteiger partial charge on any atom is 0.255 e. The highest BCUT2D eigenvalue weighted by Gasteiger charge is 2.24. The lowest BCUT2D eigenvalue weighted by molar-refractivity contribution is -0.117. The molecule has 132 valence electrons. The predicted octanol–water partition coefficient (Wildman–Crippen LogP) is 2.95. The van der Waals surface area contributed by atoms with E-state index in [0.29, 0.717) is 30.0 Å². The number of hydrogen-bond donors (Lipinski definition) is 2. The number of imidazole rings is 1. The summed E-state index contributed by atoms with van der Waals surface area (Å²) < 4.78 is 5.42. The van der Waals surface area contributed by atoms with Gasteiger partial charge in [0.05, 0.1) is 30.2 Å². The van der Waals surface area contributed by atoms with Crippen molar-refractivity contribution in [2.45, 2.75) is 12.8 Å². The molecule has 0 saturated carbocycles. The monoisotopic (exact) mass is 350 g/mol. The lowest BCUT2D eigenvalue weighted by atomic mass is 10.1. The smallest absolute Gasteiger partial charge is 0.255 e. The highest BCUT2D eigenvalue weighted by atomic mass is 16.5. The third kappa shape index (κ3) is 2.88. The number of benzene rings is 2. The van der Waals surface area contributed by atoms with Crippen LogP contribution in [-0.4, -0.2) is 35.4 Å². The number of aromatic nitrogens is 2. The van der Waals surface area contributed by atoms with Gasteiger partial charge in [0, 0.05) is 30.3 Å². The van der Waals surface area contributed by atoms with Crippen LogP contribution in [0.5, 0.6) is 5.75 Å². The van der Waals surface area contributed by atoms with E-state index in [0.717, 1.165) is 23.1 Å². The fourth-order valence-corrected chi connectivity index (χ4v) is 3.16. The Morgan fingerprint density at radius 1 is 1.27 bits per heavy atom. The first kappa shape index (κ1) is 16.1. The zero-order valence-electron chi connectivity index (χ0n) is 14.3. The summed E-state index contributed by atoms with van der Waals surface area (Å²) >= 11 is 0. The molecule has 2 aromatic carbocycles. The summed E-state index contributed by atoms with van der Waals surface area (Å²) in [5.41, 5.74) is 3.47. The Kier molecular flexibility index (Phi) is 4.04. The number of nitrogens with zero attached hydrogens (tertiary/aromatic N) is 2. The minimum atomic E-state index is -0.228. The van der Waals surface area contributed by atoms with Gasteiger partial charge in [0.15, 0.2) is 0 Å². The molecule has 0 bridgehead atoms. The van der Waals surface area contributed by atoms with E-state index in [4.69, 9.17) is 4.74 Å². The number of H-pyrrole nitrogens is 1. The average molecular weight is 350 g/mol. The third-order valence-corrected chi connectivity index (χ3v) is 4.48. The Bertz CT molecular complexity index is 995. The zero-order chi connectivity index (χ0) is 18.1. The van der Waals surface area contributed by atoms with Gasteiger partial charge >= 0.3 is 0 Å². The van der Waals surface area contributed by atoms with Crippen LogP contribution in [0.3, 0.4) is 0 Å². The van der Waals surface area contributed by atoms with Gasteiger partial charge in [-0.25, -0.2) is 4.98 Å². The minimum absolute atomic E-state index is 0.0907. The van der Waals surface area contributed by atoms with Crippen molar-refractivity contribution in [2.24, 2.45) is 0 Å². The summed E-state index contributed by atoms with van der Waals surface area (Å²) in [5.74, 6) is 0.420. The number of rotatable bonds is 4. The highest BCUT2D eigenvalue weighted by molar-refractivity contribution is 6.06. The second kappa shape index (κ2) is 6.51. The highest BCUT2D eigenvalue weighted by Crippen LogP contribution is 2.34. The molecule has 0 radical (unpaired) electrons. The van der Waals surface area contributed by atoms with Crippen molar-refractivity contribution >= 4 is 34.2 Å². The molecule has 2 heterocycles. The molecule has 1 fully saturated rings. The molecule has 4 rings (SSSR count). The average Bonchev–Trinajstić information content (AvgIpc) is 3.29. The number of methoxy groups -OCH3 is 1. The van der Waals surface area contributed by atoms with Crippen molar-refractivity contribution in [1.29, 1.82) is 0 Å². The molecule has 0 aliphatic carbocycles. The first-order valence-corrected chi connectivity index (χ1v) is 8.38. The minimum Gasteiger partial charge on any atom is -0.494 e. The first-order valence-electron chi connectivity index (χ1n) is 8.38. The number of aromatic amines is 1.